The molecule has 1 amide bonds. The number of likely N-dealkylation sites (tertiary alicyclic amines) is 1. The van der Waals surface area contributed by atoms with Crippen molar-refractivity contribution in [3.63, 3.8) is 0 Å². The van der Waals surface area contributed by atoms with E-state index < -0.39 is 5.60 Å². The molecule has 2 aliphatic rings. The second kappa shape index (κ2) is 4.75. The largest absolute Gasteiger partial charge is 0.444 e. The number of hydrogen-bond acceptors (Lipinski definition) is 3. The Hall–Kier alpha value is -1.32. The van der Waals surface area contributed by atoms with Crippen molar-refractivity contribution in [2.75, 3.05) is 13.1 Å². The van der Waals surface area contributed by atoms with Crippen molar-refractivity contribution >= 4 is 11.9 Å². The molecule has 0 aromatic heterocycles. The molecule has 0 saturated carbocycles. The van der Waals surface area contributed by atoms with Crippen LogP contribution in [0, 0.1) is 5.92 Å². The zero-order chi connectivity index (χ0) is 13.3. The molecule has 0 spiro atoms. The lowest BCUT2D eigenvalue weighted by Crippen LogP contribution is -2.44. The number of amides is 1. The van der Waals surface area contributed by atoms with Crippen molar-refractivity contribution in [1.82, 2.24) is 4.90 Å². The fourth-order valence-corrected chi connectivity index (χ4v) is 2.50. The first-order valence-electron chi connectivity index (χ1n) is 6.56. The Morgan fingerprint density at radius 1 is 1.39 bits per heavy atom. The maximum Gasteiger partial charge on any atom is 0.410 e. The topological polar surface area (TPSA) is 46.6 Å². The predicted molar refractivity (Wildman–Crippen MR) is 68.2 cm³/mol. The molecule has 0 radical (unpaired) electrons. The van der Waals surface area contributed by atoms with Crippen molar-refractivity contribution in [3.8, 4) is 0 Å². The van der Waals surface area contributed by atoms with Gasteiger partial charge < -0.3 is 9.64 Å². The van der Waals surface area contributed by atoms with Crippen LogP contribution in [0.4, 0.5) is 4.79 Å². The predicted octanol–water partition coefficient (Wildman–Crippen LogP) is 2.53. The van der Waals surface area contributed by atoms with Crippen LogP contribution in [-0.4, -0.2) is 35.5 Å². The van der Waals surface area contributed by atoms with E-state index >= 15 is 0 Å². The van der Waals surface area contributed by atoms with Crippen molar-refractivity contribution < 1.29 is 14.3 Å². The minimum Gasteiger partial charge on any atom is -0.444 e. The lowest BCUT2D eigenvalue weighted by molar-refractivity contribution is -0.115. The van der Waals surface area contributed by atoms with Crippen LogP contribution in [0.15, 0.2) is 11.6 Å². The van der Waals surface area contributed by atoms with Crippen LogP contribution in [-0.2, 0) is 9.53 Å². The van der Waals surface area contributed by atoms with Crippen molar-refractivity contribution in [2.45, 2.75) is 45.6 Å². The molecular formula is C14H21NO3. The van der Waals surface area contributed by atoms with Gasteiger partial charge >= 0.3 is 6.09 Å². The first-order valence-corrected chi connectivity index (χ1v) is 6.56. The molecule has 0 aromatic rings. The van der Waals surface area contributed by atoms with Gasteiger partial charge in [-0.2, -0.15) is 0 Å². The molecule has 0 aromatic carbocycles. The smallest absolute Gasteiger partial charge is 0.410 e. The Morgan fingerprint density at radius 3 is 2.78 bits per heavy atom. The summed E-state index contributed by atoms with van der Waals surface area (Å²) >= 11 is 0. The fourth-order valence-electron chi connectivity index (χ4n) is 2.50. The molecule has 1 saturated heterocycles. The minimum absolute atomic E-state index is 0.229. The number of allylic oxidation sites excluding steroid dienone is 1. The van der Waals surface area contributed by atoms with E-state index in [2.05, 4.69) is 0 Å². The molecule has 0 bridgehead atoms. The molecular weight excluding hydrogens is 230 g/mol. The first-order chi connectivity index (χ1) is 8.35. The van der Waals surface area contributed by atoms with Gasteiger partial charge in [0.2, 0.25) is 0 Å². The standard InChI is InChI=1S/C14H21NO3/c1-14(2,3)18-13(17)15-7-6-10-8-12(16)5-4-11(10)9-15/h8,11H,4-7,9H2,1-3H3/t11-/m0/s1. The highest BCUT2D eigenvalue weighted by Gasteiger charge is 2.32. The minimum atomic E-state index is -0.449. The van der Waals surface area contributed by atoms with Gasteiger partial charge in [0.1, 0.15) is 5.60 Å². The van der Waals surface area contributed by atoms with E-state index in [1.165, 1.54) is 5.57 Å². The molecule has 1 atom stereocenters. The van der Waals surface area contributed by atoms with Gasteiger partial charge in [0.25, 0.3) is 0 Å². The summed E-state index contributed by atoms with van der Waals surface area (Å²) in [6.45, 7) is 6.97. The van der Waals surface area contributed by atoms with E-state index in [-0.39, 0.29) is 11.9 Å². The van der Waals surface area contributed by atoms with Crippen LogP contribution in [0.3, 0.4) is 0 Å². The number of ketones is 1. The van der Waals surface area contributed by atoms with Crippen LogP contribution in [0.5, 0.6) is 0 Å². The van der Waals surface area contributed by atoms with E-state index in [1.54, 1.807) is 11.0 Å². The molecule has 0 unspecified atom stereocenters. The van der Waals surface area contributed by atoms with Crippen LogP contribution < -0.4 is 0 Å². The van der Waals surface area contributed by atoms with Gasteiger partial charge in [-0.1, -0.05) is 5.57 Å². The number of carbonyl (C=O) groups is 2. The Morgan fingerprint density at radius 2 is 2.11 bits per heavy atom. The number of rotatable bonds is 0. The second-order valence-corrected chi connectivity index (χ2v) is 6.10. The summed E-state index contributed by atoms with van der Waals surface area (Å²) in [6, 6.07) is 0. The summed E-state index contributed by atoms with van der Waals surface area (Å²) in [7, 11) is 0. The molecule has 4 nitrogen and oxygen atoms in total. The Bertz CT molecular complexity index is 392. The molecule has 4 heteroatoms. The summed E-state index contributed by atoms with van der Waals surface area (Å²) in [4.78, 5) is 25.1. The van der Waals surface area contributed by atoms with E-state index in [0.29, 0.717) is 25.4 Å². The third-order valence-corrected chi connectivity index (χ3v) is 3.37. The zero-order valence-electron chi connectivity index (χ0n) is 11.4. The molecule has 1 fully saturated rings. The normalized spacial score (nSPS) is 24.4. The average molecular weight is 251 g/mol. The summed E-state index contributed by atoms with van der Waals surface area (Å²) < 4.78 is 5.38. The zero-order valence-corrected chi connectivity index (χ0v) is 11.4. The molecule has 18 heavy (non-hydrogen) atoms. The number of hydrogen-bond donors (Lipinski definition) is 0. The average Bonchev–Trinajstić information content (AvgIpc) is 2.26. The lowest BCUT2D eigenvalue weighted by atomic mass is 9.82. The number of ether oxygens (including phenoxy) is 1. The van der Waals surface area contributed by atoms with Crippen LogP contribution in [0.2, 0.25) is 0 Å². The van der Waals surface area contributed by atoms with Gasteiger partial charge in [-0.05, 0) is 45.6 Å². The summed E-state index contributed by atoms with van der Waals surface area (Å²) in [5.74, 6) is 0.580. The van der Waals surface area contributed by atoms with E-state index in [4.69, 9.17) is 4.74 Å². The third-order valence-electron chi connectivity index (χ3n) is 3.37. The number of piperidine rings is 1. The maximum atomic E-state index is 12.0. The second-order valence-electron chi connectivity index (χ2n) is 6.10. The highest BCUT2D eigenvalue weighted by molar-refractivity contribution is 5.91. The van der Waals surface area contributed by atoms with Gasteiger partial charge in [-0.3, -0.25) is 4.79 Å². The third kappa shape index (κ3) is 3.12. The Balaban J connectivity index is 1.98. The lowest BCUT2D eigenvalue weighted by Gasteiger charge is -2.37. The van der Waals surface area contributed by atoms with Gasteiger partial charge in [0.15, 0.2) is 5.78 Å². The summed E-state index contributed by atoms with van der Waals surface area (Å²) in [5.41, 5.74) is 0.765. The molecule has 1 aliphatic heterocycles. The maximum absolute atomic E-state index is 12.0. The van der Waals surface area contributed by atoms with Gasteiger partial charge in [0, 0.05) is 19.5 Å². The molecule has 1 aliphatic carbocycles. The number of nitrogens with zero attached hydrogens (tertiary/aromatic N) is 1. The highest BCUT2D eigenvalue weighted by Crippen LogP contribution is 2.31. The quantitative estimate of drug-likeness (QED) is 0.664. The van der Waals surface area contributed by atoms with Crippen LogP contribution >= 0.6 is 0 Å². The van der Waals surface area contributed by atoms with Gasteiger partial charge in [0.05, 0.1) is 0 Å². The number of fused-ring (bicyclic) bond motifs is 1. The molecule has 2 rings (SSSR count). The van der Waals surface area contributed by atoms with Crippen molar-refractivity contribution in [2.24, 2.45) is 5.92 Å². The highest BCUT2D eigenvalue weighted by atomic mass is 16.6. The Labute approximate surface area is 108 Å². The number of carbonyl (C=O) groups excluding carboxylic acids is 2. The summed E-state index contributed by atoms with van der Waals surface area (Å²) in [6.07, 6.45) is 3.81. The van der Waals surface area contributed by atoms with E-state index in [0.717, 1.165) is 12.8 Å². The monoisotopic (exact) mass is 251 g/mol. The fraction of sp³-hybridized carbons (Fsp3) is 0.714. The van der Waals surface area contributed by atoms with Gasteiger partial charge in [-0.25, -0.2) is 4.79 Å². The van der Waals surface area contributed by atoms with Gasteiger partial charge in [-0.15, -0.1) is 0 Å². The van der Waals surface area contributed by atoms with Crippen LogP contribution in [0.1, 0.15) is 40.0 Å². The van der Waals surface area contributed by atoms with Crippen LogP contribution in [0.25, 0.3) is 0 Å². The molecule has 1 heterocycles. The molecule has 100 valence electrons. The van der Waals surface area contributed by atoms with E-state index in [1.807, 2.05) is 20.8 Å². The summed E-state index contributed by atoms with van der Waals surface area (Å²) in [5, 5.41) is 0. The van der Waals surface area contributed by atoms with Crippen molar-refractivity contribution in [1.29, 1.82) is 0 Å². The van der Waals surface area contributed by atoms with Crippen molar-refractivity contribution in [3.05, 3.63) is 11.6 Å². The van der Waals surface area contributed by atoms with E-state index in [9.17, 15) is 9.59 Å². The first kappa shape index (κ1) is 13.1. The molecule has 0 N–H and O–H groups in total. The Kier molecular flexibility index (Phi) is 3.46. The SMILES string of the molecule is CC(C)(C)OC(=O)N1CCC2=CC(=O)CC[C@H]2C1.